The van der Waals surface area contributed by atoms with Crippen molar-refractivity contribution in [2.24, 2.45) is 0 Å². The van der Waals surface area contributed by atoms with E-state index in [1.54, 1.807) is 38.1 Å². The predicted octanol–water partition coefficient (Wildman–Crippen LogP) is 3.72. The zero-order valence-electron chi connectivity index (χ0n) is 17.4. The van der Waals surface area contributed by atoms with E-state index in [0.717, 1.165) is 31.6 Å². The summed E-state index contributed by atoms with van der Waals surface area (Å²) in [5.41, 5.74) is -0.201. The fourth-order valence-corrected chi connectivity index (χ4v) is 3.49. The van der Waals surface area contributed by atoms with E-state index in [2.05, 4.69) is 15.5 Å². The molecule has 2 aromatic rings. The average Bonchev–Trinajstić information content (AvgIpc) is 2.71. The topological polar surface area (TPSA) is 70.7 Å². The molecule has 0 saturated carbocycles. The Hall–Kier alpha value is -2.57. The van der Waals surface area contributed by atoms with E-state index in [9.17, 15) is 9.59 Å². The number of likely N-dealkylation sites (tertiary alicyclic amines) is 1. The number of piperidine rings is 1. The Bertz CT molecular complexity index is 848. The molecule has 0 atom stereocenters. The molecule has 7 heteroatoms. The molecular formula is C23H28ClN3O3. The van der Waals surface area contributed by atoms with Crippen LogP contribution in [0.1, 0.15) is 26.7 Å². The SMILES string of the molecule is CC(C)(Oc1ccc(Cl)cc1)C(=O)NC1CCN(CC(=O)Nc2ccccc2)CC1. The van der Waals surface area contributed by atoms with E-state index in [-0.39, 0.29) is 17.9 Å². The van der Waals surface area contributed by atoms with Crippen LogP contribution in [0, 0.1) is 0 Å². The number of carbonyl (C=O) groups is 2. The number of hydrogen-bond acceptors (Lipinski definition) is 4. The van der Waals surface area contributed by atoms with E-state index in [0.29, 0.717) is 17.3 Å². The molecule has 2 N–H and O–H groups in total. The van der Waals surface area contributed by atoms with Crippen LogP contribution in [0.15, 0.2) is 54.6 Å². The minimum Gasteiger partial charge on any atom is -0.478 e. The lowest BCUT2D eigenvalue weighted by Gasteiger charge is -2.34. The van der Waals surface area contributed by atoms with Crippen LogP contribution < -0.4 is 15.4 Å². The third kappa shape index (κ3) is 6.47. The average molecular weight is 430 g/mol. The second-order valence-electron chi connectivity index (χ2n) is 8.00. The Morgan fingerprint density at radius 3 is 2.33 bits per heavy atom. The molecule has 160 valence electrons. The van der Waals surface area contributed by atoms with Gasteiger partial charge in [0.1, 0.15) is 5.75 Å². The lowest BCUT2D eigenvalue weighted by Crippen LogP contribution is -2.53. The molecule has 0 aromatic heterocycles. The fourth-order valence-electron chi connectivity index (χ4n) is 3.36. The first-order valence-corrected chi connectivity index (χ1v) is 10.5. The number of hydrogen-bond donors (Lipinski definition) is 2. The minimum atomic E-state index is -0.999. The quantitative estimate of drug-likeness (QED) is 0.703. The van der Waals surface area contributed by atoms with E-state index in [1.165, 1.54) is 0 Å². The summed E-state index contributed by atoms with van der Waals surface area (Å²) in [6.45, 7) is 5.36. The van der Waals surface area contributed by atoms with Gasteiger partial charge in [0.25, 0.3) is 5.91 Å². The van der Waals surface area contributed by atoms with Gasteiger partial charge in [0.05, 0.1) is 6.54 Å². The van der Waals surface area contributed by atoms with Crippen LogP contribution in [0.2, 0.25) is 5.02 Å². The highest BCUT2D eigenvalue weighted by Crippen LogP contribution is 2.22. The first-order valence-electron chi connectivity index (χ1n) is 10.1. The molecule has 1 heterocycles. The summed E-state index contributed by atoms with van der Waals surface area (Å²) >= 11 is 5.89. The van der Waals surface area contributed by atoms with Crippen molar-refractivity contribution in [2.75, 3.05) is 25.0 Å². The van der Waals surface area contributed by atoms with Crippen molar-refractivity contribution in [3.8, 4) is 5.75 Å². The van der Waals surface area contributed by atoms with Gasteiger partial charge in [-0.15, -0.1) is 0 Å². The zero-order chi connectivity index (χ0) is 21.6. The molecule has 1 aliphatic heterocycles. The number of halogens is 1. The molecular weight excluding hydrogens is 402 g/mol. The summed E-state index contributed by atoms with van der Waals surface area (Å²) in [4.78, 5) is 27.1. The molecule has 0 radical (unpaired) electrons. The first kappa shape index (κ1) is 22.1. The number of amides is 2. The fraction of sp³-hybridized carbons (Fsp3) is 0.391. The Balaban J connectivity index is 1.42. The van der Waals surface area contributed by atoms with Crippen molar-refractivity contribution in [3.63, 3.8) is 0 Å². The molecule has 30 heavy (non-hydrogen) atoms. The number of anilines is 1. The van der Waals surface area contributed by atoms with Crippen LogP contribution in [0.3, 0.4) is 0 Å². The largest absolute Gasteiger partial charge is 0.478 e. The molecule has 1 saturated heterocycles. The van der Waals surface area contributed by atoms with E-state index >= 15 is 0 Å². The monoisotopic (exact) mass is 429 g/mol. The van der Waals surface area contributed by atoms with Crippen molar-refractivity contribution in [2.45, 2.75) is 38.3 Å². The second-order valence-corrected chi connectivity index (χ2v) is 8.44. The highest BCUT2D eigenvalue weighted by Gasteiger charge is 2.32. The van der Waals surface area contributed by atoms with E-state index in [4.69, 9.17) is 16.3 Å². The summed E-state index contributed by atoms with van der Waals surface area (Å²) in [6, 6.07) is 16.5. The number of rotatable bonds is 7. The van der Waals surface area contributed by atoms with Gasteiger partial charge in [-0.1, -0.05) is 29.8 Å². The van der Waals surface area contributed by atoms with Gasteiger partial charge in [-0.3, -0.25) is 14.5 Å². The zero-order valence-corrected chi connectivity index (χ0v) is 18.1. The van der Waals surface area contributed by atoms with Crippen LogP contribution in [-0.4, -0.2) is 48.0 Å². The van der Waals surface area contributed by atoms with Gasteiger partial charge in [-0.25, -0.2) is 0 Å². The maximum absolute atomic E-state index is 12.7. The summed E-state index contributed by atoms with van der Waals surface area (Å²) in [6.07, 6.45) is 1.59. The molecule has 1 aliphatic rings. The standard InChI is InChI=1S/C23H28ClN3O3/c1-23(2,30-20-10-8-17(24)9-11-20)22(29)26-19-12-14-27(15-13-19)16-21(28)25-18-6-4-3-5-7-18/h3-11,19H,12-16H2,1-2H3,(H,25,28)(H,26,29). The van der Waals surface area contributed by atoms with Crippen LogP contribution in [-0.2, 0) is 9.59 Å². The van der Waals surface area contributed by atoms with Crippen molar-refractivity contribution < 1.29 is 14.3 Å². The summed E-state index contributed by atoms with van der Waals surface area (Å²) in [5.74, 6) is 0.415. The van der Waals surface area contributed by atoms with E-state index in [1.807, 2.05) is 30.3 Å². The Morgan fingerprint density at radius 1 is 1.07 bits per heavy atom. The van der Waals surface area contributed by atoms with Crippen LogP contribution in [0.25, 0.3) is 0 Å². The number of benzene rings is 2. The smallest absolute Gasteiger partial charge is 0.263 e. The molecule has 2 amide bonds. The van der Waals surface area contributed by atoms with Crippen molar-refractivity contribution in [1.82, 2.24) is 10.2 Å². The van der Waals surface area contributed by atoms with Crippen LogP contribution in [0.4, 0.5) is 5.69 Å². The van der Waals surface area contributed by atoms with Gasteiger partial charge >= 0.3 is 0 Å². The van der Waals surface area contributed by atoms with Gasteiger partial charge in [0, 0.05) is 29.8 Å². The molecule has 0 bridgehead atoms. The normalized spacial score (nSPS) is 15.4. The third-order valence-corrected chi connectivity index (χ3v) is 5.33. The van der Waals surface area contributed by atoms with Gasteiger partial charge < -0.3 is 15.4 Å². The number of nitrogens with one attached hydrogen (secondary N) is 2. The molecule has 3 rings (SSSR count). The van der Waals surface area contributed by atoms with Crippen LogP contribution >= 0.6 is 11.6 Å². The lowest BCUT2D eigenvalue weighted by atomic mass is 10.0. The van der Waals surface area contributed by atoms with E-state index < -0.39 is 5.60 Å². The Morgan fingerprint density at radius 2 is 1.70 bits per heavy atom. The highest BCUT2D eigenvalue weighted by atomic mass is 35.5. The number of carbonyl (C=O) groups excluding carboxylic acids is 2. The van der Waals surface area contributed by atoms with Crippen LogP contribution in [0.5, 0.6) is 5.75 Å². The molecule has 0 aliphatic carbocycles. The second kappa shape index (κ2) is 9.96. The Labute approximate surface area is 182 Å². The van der Waals surface area contributed by atoms with Crippen molar-refractivity contribution >= 4 is 29.1 Å². The lowest BCUT2D eigenvalue weighted by molar-refractivity contribution is -0.135. The summed E-state index contributed by atoms with van der Waals surface area (Å²) in [7, 11) is 0. The van der Waals surface area contributed by atoms with Crippen molar-refractivity contribution in [3.05, 3.63) is 59.6 Å². The molecule has 0 spiro atoms. The maximum Gasteiger partial charge on any atom is 0.263 e. The summed E-state index contributed by atoms with van der Waals surface area (Å²) in [5, 5.41) is 6.61. The third-order valence-electron chi connectivity index (χ3n) is 5.08. The maximum atomic E-state index is 12.7. The molecule has 6 nitrogen and oxygen atoms in total. The molecule has 0 unspecified atom stereocenters. The first-order chi connectivity index (χ1) is 14.3. The number of para-hydroxylation sites is 1. The highest BCUT2D eigenvalue weighted by molar-refractivity contribution is 6.30. The van der Waals surface area contributed by atoms with Gasteiger partial charge in [-0.2, -0.15) is 0 Å². The van der Waals surface area contributed by atoms with Gasteiger partial charge in [0.2, 0.25) is 5.91 Å². The molecule has 1 fully saturated rings. The summed E-state index contributed by atoms with van der Waals surface area (Å²) < 4.78 is 5.86. The minimum absolute atomic E-state index is 0.0267. The number of nitrogens with zero attached hydrogens (tertiary/aromatic N) is 1. The van der Waals surface area contributed by atoms with Crippen molar-refractivity contribution in [1.29, 1.82) is 0 Å². The van der Waals surface area contributed by atoms with Gasteiger partial charge in [-0.05, 0) is 63.1 Å². The molecule has 2 aromatic carbocycles. The van der Waals surface area contributed by atoms with Gasteiger partial charge in [0.15, 0.2) is 5.60 Å². The number of ether oxygens (including phenoxy) is 1. The predicted molar refractivity (Wildman–Crippen MR) is 119 cm³/mol. The Kier molecular flexibility index (Phi) is 7.34.